The molecule has 0 amide bonds. The van der Waals surface area contributed by atoms with Crippen molar-refractivity contribution in [1.82, 2.24) is 0 Å². The van der Waals surface area contributed by atoms with E-state index < -0.39 is 0 Å². The zero-order chi connectivity index (χ0) is 6.41. The van der Waals surface area contributed by atoms with Gasteiger partial charge in [0.25, 0.3) is 0 Å². The number of carbonyl (C=O) groups excluding carboxylic acids is 2. The fraction of sp³-hybridized carbons (Fsp3) is 0.333. The maximum absolute atomic E-state index is 9.70. The summed E-state index contributed by atoms with van der Waals surface area (Å²) < 4.78 is 0. The summed E-state index contributed by atoms with van der Waals surface area (Å²) in [6, 6.07) is 0. The van der Waals surface area contributed by atoms with Crippen LogP contribution in [0.15, 0.2) is 11.6 Å². The number of rotatable bonds is 2. The molecule has 0 aromatic heterocycles. The smallest absolute Gasteiger partial charge is 0.123 e. The Morgan fingerprint density at radius 1 is 1.62 bits per heavy atom. The molecule has 0 fully saturated rings. The molecule has 0 bridgehead atoms. The van der Waals surface area contributed by atoms with E-state index in [0.29, 0.717) is 12.0 Å². The van der Waals surface area contributed by atoms with Crippen LogP contribution in [0, 0.1) is 0 Å². The molecule has 0 N–H and O–H groups in total. The fourth-order valence-corrected chi connectivity index (χ4v) is 0.236. The third-order valence-electron chi connectivity index (χ3n) is 0.666. The molecule has 0 aliphatic carbocycles. The summed E-state index contributed by atoms with van der Waals surface area (Å²) >= 11 is 0. The van der Waals surface area contributed by atoms with E-state index >= 15 is 0 Å². The molecule has 0 aliphatic rings. The number of allylic oxidation sites excluding steroid dienone is 2. The summed E-state index contributed by atoms with van der Waals surface area (Å²) in [7, 11) is 0. The zero-order valence-corrected chi connectivity index (χ0v) is 4.60. The molecule has 0 atom stereocenters. The summed E-state index contributed by atoms with van der Waals surface area (Å²) in [6.07, 6.45) is 1.62. The molecule has 0 saturated heterocycles. The Hall–Kier alpha value is -1.10. The lowest BCUT2D eigenvalue weighted by Crippen LogP contribution is -1.71. The van der Waals surface area contributed by atoms with Crippen LogP contribution in [-0.4, -0.2) is 11.9 Å². The predicted octanol–water partition coefficient (Wildman–Crippen LogP) is 0.542. The van der Waals surface area contributed by atoms with Crippen molar-refractivity contribution in [2.75, 3.05) is 0 Å². The second-order valence-corrected chi connectivity index (χ2v) is 1.41. The van der Waals surface area contributed by atoms with E-state index in [1.54, 1.807) is 18.8 Å². The van der Waals surface area contributed by atoms with Gasteiger partial charge in [-0.2, -0.15) is 0 Å². The van der Waals surface area contributed by atoms with Crippen LogP contribution in [0.3, 0.4) is 0 Å². The van der Waals surface area contributed by atoms with E-state index in [1.807, 2.05) is 0 Å². The molecule has 0 heterocycles. The minimum atomic E-state index is 0.368. The summed E-state index contributed by atoms with van der Waals surface area (Å²) in [5.74, 6) is 3.21. The van der Waals surface area contributed by atoms with Gasteiger partial charge in [0.2, 0.25) is 0 Å². The minimum Gasteiger partial charge on any atom is -0.234 e. The lowest BCUT2D eigenvalue weighted by atomic mass is 10.2. The van der Waals surface area contributed by atoms with Crippen LogP contribution in [0.5, 0.6) is 0 Å². The number of hydrogen-bond donors (Lipinski definition) is 0. The van der Waals surface area contributed by atoms with E-state index in [9.17, 15) is 9.59 Å². The van der Waals surface area contributed by atoms with Gasteiger partial charge in [-0.3, -0.25) is 0 Å². The van der Waals surface area contributed by atoms with E-state index in [-0.39, 0.29) is 0 Å². The number of hydrogen-bond acceptors (Lipinski definition) is 2. The molecule has 0 radical (unpaired) electrons. The van der Waals surface area contributed by atoms with Crippen LogP contribution in [0.1, 0.15) is 13.3 Å². The van der Waals surface area contributed by atoms with Gasteiger partial charge in [-0.25, -0.2) is 9.59 Å². The van der Waals surface area contributed by atoms with Crippen molar-refractivity contribution in [2.45, 2.75) is 13.3 Å². The molecule has 0 aliphatic heterocycles. The van der Waals surface area contributed by atoms with Gasteiger partial charge in [-0.1, -0.05) is 0 Å². The van der Waals surface area contributed by atoms with Crippen molar-refractivity contribution < 1.29 is 9.59 Å². The molecular formula is C6H6O2. The molecule has 0 aromatic carbocycles. The second kappa shape index (κ2) is 4.07. The van der Waals surface area contributed by atoms with Crippen molar-refractivity contribution >= 4 is 11.9 Å². The van der Waals surface area contributed by atoms with Gasteiger partial charge in [-0.15, -0.1) is 0 Å². The summed E-state index contributed by atoms with van der Waals surface area (Å²) in [4.78, 5) is 19.2. The molecule has 0 aromatic rings. The molecule has 0 saturated carbocycles. The SMILES string of the molecule is CC(=C=O)CC=C=O. The van der Waals surface area contributed by atoms with Crippen LogP contribution in [0.2, 0.25) is 0 Å². The molecule has 42 valence electrons. The Labute approximate surface area is 47.5 Å². The molecule has 8 heavy (non-hydrogen) atoms. The first-order valence-corrected chi connectivity index (χ1v) is 2.21. The third-order valence-corrected chi connectivity index (χ3v) is 0.666. The van der Waals surface area contributed by atoms with Crippen molar-refractivity contribution in [3.8, 4) is 0 Å². The topological polar surface area (TPSA) is 34.1 Å². The summed E-state index contributed by atoms with van der Waals surface area (Å²) in [5, 5.41) is 0. The largest absolute Gasteiger partial charge is 0.234 e. The van der Waals surface area contributed by atoms with Gasteiger partial charge in [0.05, 0.1) is 0 Å². The van der Waals surface area contributed by atoms with Crippen molar-refractivity contribution in [3.05, 3.63) is 11.6 Å². The normalized spacial score (nSPS) is 6.62. The molecule has 0 unspecified atom stereocenters. The summed E-state index contributed by atoms with van der Waals surface area (Å²) in [5.41, 5.74) is 0.522. The summed E-state index contributed by atoms with van der Waals surface area (Å²) in [6.45, 7) is 1.61. The average Bonchev–Trinajstić information content (AvgIpc) is 1.83. The zero-order valence-electron chi connectivity index (χ0n) is 4.60. The lowest BCUT2D eigenvalue weighted by Gasteiger charge is -1.78. The molecule has 0 spiro atoms. The highest BCUT2D eigenvalue weighted by molar-refractivity contribution is 5.54. The third kappa shape index (κ3) is 3.10. The molecule has 0 rings (SSSR count). The maximum Gasteiger partial charge on any atom is 0.123 e. The van der Waals surface area contributed by atoms with Crippen molar-refractivity contribution in [1.29, 1.82) is 0 Å². The highest BCUT2D eigenvalue weighted by Gasteiger charge is 1.81. The minimum absolute atomic E-state index is 0.368. The van der Waals surface area contributed by atoms with Gasteiger partial charge < -0.3 is 0 Å². The predicted molar refractivity (Wildman–Crippen MR) is 29.8 cm³/mol. The average molecular weight is 110 g/mol. The van der Waals surface area contributed by atoms with Crippen LogP contribution in [-0.2, 0) is 9.59 Å². The molecular weight excluding hydrogens is 104 g/mol. The quantitative estimate of drug-likeness (QED) is 0.486. The van der Waals surface area contributed by atoms with Gasteiger partial charge >= 0.3 is 0 Å². The van der Waals surface area contributed by atoms with Gasteiger partial charge in [0, 0.05) is 18.1 Å². The van der Waals surface area contributed by atoms with Gasteiger partial charge in [-0.05, 0) is 6.92 Å². The highest BCUT2D eigenvalue weighted by Crippen LogP contribution is 1.91. The Balaban J connectivity index is 3.73. The standard InChI is InChI=1S/C6H6O2/c1-6(5-8)3-2-4-7/h2H,3H2,1H3. The first kappa shape index (κ1) is 6.90. The van der Waals surface area contributed by atoms with Crippen LogP contribution < -0.4 is 0 Å². The second-order valence-electron chi connectivity index (χ2n) is 1.41. The van der Waals surface area contributed by atoms with Gasteiger partial charge in [0.1, 0.15) is 11.9 Å². The van der Waals surface area contributed by atoms with Crippen LogP contribution in [0.4, 0.5) is 0 Å². The van der Waals surface area contributed by atoms with E-state index in [4.69, 9.17) is 0 Å². The Morgan fingerprint density at radius 3 is 2.62 bits per heavy atom. The Kier molecular flexibility index (Phi) is 3.51. The first-order valence-electron chi connectivity index (χ1n) is 2.21. The van der Waals surface area contributed by atoms with E-state index in [2.05, 4.69) is 0 Å². The monoisotopic (exact) mass is 110 g/mol. The fourth-order valence-electron chi connectivity index (χ4n) is 0.236. The van der Waals surface area contributed by atoms with E-state index in [0.717, 1.165) is 0 Å². The van der Waals surface area contributed by atoms with Crippen molar-refractivity contribution in [3.63, 3.8) is 0 Å². The lowest BCUT2D eigenvalue weighted by molar-refractivity contribution is 0.566. The Morgan fingerprint density at radius 2 is 2.25 bits per heavy atom. The Bertz CT molecular complexity index is 157. The molecule has 2 nitrogen and oxygen atoms in total. The highest BCUT2D eigenvalue weighted by atomic mass is 16.1. The molecule has 2 heteroatoms. The first-order chi connectivity index (χ1) is 3.81. The van der Waals surface area contributed by atoms with Gasteiger partial charge in [0.15, 0.2) is 0 Å². The maximum atomic E-state index is 9.70. The van der Waals surface area contributed by atoms with E-state index in [1.165, 1.54) is 6.08 Å². The van der Waals surface area contributed by atoms with Crippen LogP contribution in [0.25, 0.3) is 0 Å². The van der Waals surface area contributed by atoms with Crippen molar-refractivity contribution in [2.24, 2.45) is 0 Å². The van der Waals surface area contributed by atoms with Crippen LogP contribution >= 0.6 is 0 Å².